The molecule has 1 aromatic heterocycles. The number of carbonyl (C=O) groups is 1. The van der Waals surface area contributed by atoms with Crippen molar-refractivity contribution in [3.05, 3.63) is 48.0 Å². The number of carbonyl (C=O) groups excluding carboxylic acids is 1. The maximum Gasteiger partial charge on any atom is 0.249 e. The van der Waals surface area contributed by atoms with E-state index < -0.39 is 0 Å². The molecule has 0 aliphatic heterocycles. The van der Waals surface area contributed by atoms with Gasteiger partial charge < -0.3 is 4.74 Å². The predicted octanol–water partition coefficient (Wildman–Crippen LogP) is 4.45. The van der Waals surface area contributed by atoms with Gasteiger partial charge in [-0.1, -0.05) is 57.2 Å². The van der Waals surface area contributed by atoms with Gasteiger partial charge in [0.25, 0.3) is 0 Å². The van der Waals surface area contributed by atoms with Crippen LogP contribution in [0.25, 0.3) is 5.69 Å². The summed E-state index contributed by atoms with van der Waals surface area (Å²) >= 11 is 0. The molecule has 1 aliphatic carbocycles. The number of para-hydroxylation sites is 1. The maximum absolute atomic E-state index is 12.6. The second kappa shape index (κ2) is 10.0. The van der Waals surface area contributed by atoms with Gasteiger partial charge in [-0.05, 0) is 31.4 Å². The summed E-state index contributed by atoms with van der Waals surface area (Å²) in [5.74, 6) is 0.652. The Hall–Kier alpha value is -2.43. The third-order valence-electron chi connectivity index (χ3n) is 4.98. The molecule has 1 aromatic carbocycles. The van der Waals surface area contributed by atoms with Crippen molar-refractivity contribution in [3.63, 3.8) is 0 Å². The van der Waals surface area contributed by atoms with Crippen LogP contribution >= 0.6 is 0 Å². The first-order valence-corrected chi connectivity index (χ1v) is 10.1. The summed E-state index contributed by atoms with van der Waals surface area (Å²) in [6, 6.07) is 11.7. The van der Waals surface area contributed by atoms with Crippen LogP contribution in [0, 0.1) is 5.92 Å². The Morgan fingerprint density at radius 1 is 1.19 bits per heavy atom. The molecule has 0 atom stereocenters. The van der Waals surface area contributed by atoms with E-state index in [1.165, 1.54) is 12.8 Å². The molecule has 27 heavy (non-hydrogen) atoms. The van der Waals surface area contributed by atoms with E-state index in [-0.39, 0.29) is 11.8 Å². The maximum atomic E-state index is 12.6. The first kappa shape index (κ1) is 19.3. The van der Waals surface area contributed by atoms with Crippen LogP contribution in [-0.4, -0.2) is 22.3 Å². The average molecular weight is 367 g/mol. The van der Waals surface area contributed by atoms with E-state index in [2.05, 4.69) is 17.0 Å². The molecule has 0 radical (unpaired) electrons. The first-order valence-electron chi connectivity index (χ1n) is 10.1. The molecule has 5 nitrogen and oxygen atoms in total. The molecule has 0 spiro atoms. The summed E-state index contributed by atoms with van der Waals surface area (Å²) in [5, 5.41) is 5.06. The zero-order valence-corrected chi connectivity index (χ0v) is 16.1. The van der Waals surface area contributed by atoms with Crippen LogP contribution < -0.4 is 10.1 Å². The number of nitrogens with zero attached hydrogens (tertiary/aromatic N) is 3. The van der Waals surface area contributed by atoms with E-state index >= 15 is 0 Å². The van der Waals surface area contributed by atoms with Gasteiger partial charge in [0, 0.05) is 12.0 Å². The summed E-state index contributed by atoms with van der Waals surface area (Å²) in [4.78, 5) is 17.0. The fourth-order valence-electron chi connectivity index (χ4n) is 3.39. The van der Waals surface area contributed by atoms with E-state index in [9.17, 15) is 4.79 Å². The molecule has 0 bridgehead atoms. The largest absolute Gasteiger partial charge is 0.478 e. The average Bonchev–Trinajstić information content (AvgIpc) is 2.99. The highest BCUT2D eigenvalue weighted by Crippen LogP contribution is 2.23. The smallest absolute Gasteiger partial charge is 0.249 e. The SMILES string of the molecule is CCCCOc1c/c(=N\C(=O)C2CCCCCC2)cnn1-c1ccccc1. The molecule has 1 aliphatic rings. The van der Waals surface area contributed by atoms with Gasteiger partial charge in [0.05, 0.1) is 23.8 Å². The zero-order valence-electron chi connectivity index (χ0n) is 16.1. The molecular formula is C22H29N3O2. The highest BCUT2D eigenvalue weighted by molar-refractivity contribution is 5.79. The molecule has 144 valence electrons. The Morgan fingerprint density at radius 3 is 2.63 bits per heavy atom. The molecule has 5 heteroatoms. The molecule has 3 rings (SSSR count). The number of aromatic nitrogens is 2. The number of hydrogen-bond acceptors (Lipinski definition) is 3. The molecule has 1 amide bonds. The van der Waals surface area contributed by atoms with Gasteiger partial charge in [-0.15, -0.1) is 0 Å². The van der Waals surface area contributed by atoms with Crippen LogP contribution in [0.15, 0.2) is 47.6 Å². The number of amides is 1. The molecule has 1 saturated carbocycles. The predicted molar refractivity (Wildman–Crippen MR) is 106 cm³/mol. The first-order chi connectivity index (χ1) is 13.3. The standard InChI is InChI=1S/C22H29N3O2/c1-2-3-15-27-21-16-19(17-23-25(21)20-13-9-6-10-14-20)24-22(26)18-11-7-4-5-8-12-18/h6,9-10,13-14,16-18H,2-5,7-8,11-12,15H2,1H3/b24-19+. The zero-order chi connectivity index (χ0) is 18.9. The van der Waals surface area contributed by atoms with E-state index in [1.54, 1.807) is 10.9 Å². The Bertz CT molecular complexity index is 791. The lowest BCUT2D eigenvalue weighted by Gasteiger charge is -2.13. The normalized spacial score (nSPS) is 16.1. The topological polar surface area (TPSA) is 56.5 Å². The molecule has 0 saturated heterocycles. The van der Waals surface area contributed by atoms with Crippen molar-refractivity contribution in [1.29, 1.82) is 0 Å². The van der Waals surface area contributed by atoms with Crippen molar-refractivity contribution in [2.75, 3.05) is 6.61 Å². The summed E-state index contributed by atoms with van der Waals surface area (Å²) in [7, 11) is 0. The van der Waals surface area contributed by atoms with Gasteiger partial charge >= 0.3 is 0 Å². The molecular weight excluding hydrogens is 338 g/mol. The quantitative estimate of drug-likeness (QED) is 0.560. The number of benzene rings is 1. The van der Waals surface area contributed by atoms with Crippen LogP contribution in [0.5, 0.6) is 5.88 Å². The van der Waals surface area contributed by atoms with Crippen LogP contribution in [0.4, 0.5) is 0 Å². The second-order valence-corrected chi connectivity index (χ2v) is 7.14. The summed E-state index contributed by atoms with van der Waals surface area (Å²) in [6.07, 6.45) is 10.3. The van der Waals surface area contributed by atoms with E-state index in [1.807, 2.05) is 36.4 Å². The van der Waals surface area contributed by atoms with E-state index in [0.29, 0.717) is 17.8 Å². The number of unbranched alkanes of at least 4 members (excludes halogenated alkanes) is 1. The number of ether oxygens (including phenoxy) is 1. The van der Waals surface area contributed by atoms with Crippen molar-refractivity contribution in [1.82, 2.24) is 9.78 Å². The van der Waals surface area contributed by atoms with Crippen molar-refractivity contribution in [2.45, 2.75) is 58.3 Å². The Morgan fingerprint density at radius 2 is 1.93 bits per heavy atom. The second-order valence-electron chi connectivity index (χ2n) is 7.14. The molecule has 0 N–H and O–H groups in total. The minimum Gasteiger partial charge on any atom is -0.478 e. The number of rotatable bonds is 6. The van der Waals surface area contributed by atoms with Crippen LogP contribution in [0.3, 0.4) is 0 Å². The van der Waals surface area contributed by atoms with Gasteiger partial charge in [0.2, 0.25) is 11.8 Å². The minimum atomic E-state index is -0.0179. The van der Waals surface area contributed by atoms with Gasteiger partial charge in [-0.2, -0.15) is 5.10 Å². The Kier molecular flexibility index (Phi) is 7.19. The third kappa shape index (κ3) is 5.52. The lowest BCUT2D eigenvalue weighted by molar-refractivity contribution is -0.122. The van der Waals surface area contributed by atoms with Crippen molar-refractivity contribution in [3.8, 4) is 11.6 Å². The Balaban J connectivity index is 1.87. The summed E-state index contributed by atoms with van der Waals surface area (Å²) in [6.45, 7) is 2.75. The van der Waals surface area contributed by atoms with Gasteiger partial charge in [-0.3, -0.25) is 4.79 Å². The Labute approximate surface area is 161 Å². The fraction of sp³-hybridized carbons (Fsp3) is 0.500. The van der Waals surface area contributed by atoms with Gasteiger partial charge in [0.1, 0.15) is 0 Å². The minimum absolute atomic E-state index is 0.0179. The van der Waals surface area contributed by atoms with Crippen LogP contribution in [0.1, 0.15) is 58.3 Å². The highest BCUT2D eigenvalue weighted by Gasteiger charge is 2.19. The summed E-state index contributed by atoms with van der Waals surface area (Å²) in [5.41, 5.74) is 0.922. The third-order valence-corrected chi connectivity index (χ3v) is 4.98. The molecule has 0 unspecified atom stereocenters. The van der Waals surface area contributed by atoms with Crippen molar-refractivity contribution < 1.29 is 9.53 Å². The molecule has 1 fully saturated rings. The van der Waals surface area contributed by atoms with Crippen molar-refractivity contribution in [2.24, 2.45) is 10.9 Å². The number of hydrogen-bond donors (Lipinski definition) is 0. The highest BCUT2D eigenvalue weighted by atomic mass is 16.5. The molecule has 1 heterocycles. The van der Waals surface area contributed by atoms with Crippen LogP contribution in [-0.2, 0) is 4.79 Å². The fourth-order valence-corrected chi connectivity index (χ4v) is 3.39. The van der Waals surface area contributed by atoms with Gasteiger partial charge in [0.15, 0.2) is 0 Å². The van der Waals surface area contributed by atoms with E-state index in [0.717, 1.165) is 44.2 Å². The van der Waals surface area contributed by atoms with Crippen LogP contribution in [0.2, 0.25) is 0 Å². The summed E-state index contributed by atoms with van der Waals surface area (Å²) < 4.78 is 7.70. The lowest BCUT2D eigenvalue weighted by Crippen LogP contribution is -2.18. The van der Waals surface area contributed by atoms with Gasteiger partial charge in [-0.25, -0.2) is 9.67 Å². The molecule has 2 aromatic rings. The van der Waals surface area contributed by atoms with E-state index in [4.69, 9.17) is 4.74 Å². The lowest BCUT2D eigenvalue weighted by atomic mass is 10.00. The van der Waals surface area contributed by atoms with Crippen molar-refractivity contribution >= 4 is 5.91 Å². The monoisotopic (exact) mass is 367 g/mol.